The Morgan fingerprint density at radius 3 is 2.70 bits per heavy atom. The first-order valence-corrected chi connectivity index (χ1v) is 6.76. The van der Waals surface area contributed by atoms with Crippen molar-refractivity contribution in [1.29, 1.82) is 0 Å². The van der Waals surface area contributed by atoms with Crippen molar-refractivity contribution in [3.05, 3.63) is 36.5 Å². The zero-order valence-corrected chi connectivity index (χ0v) is 11.2. The van der Waals surface area contributed by atoms with Gasteiger partial charge >= 0.3 is 0 Å². The summed E-state index contributed by atoms with van der Waals surface area (Å²) >= 11 is 0. The number of rotatable bonds is 2. The molecular formula is C15H17N3O2. The Bertz CT molecular complexity index is 621. The maximum absolute atomic E-state index is 11.4. The lowest BCUT2D eigenvalue weighted by molar-refractivity contribution is -0.134. The van der Waals surface area contributed by atoms with Gasteiger partial charge in [0.05, 0.1) is 17.4 Å². The second-order valence-electron chi connectivity index (χ2n) is 4.91. The average molecular weight is 271 g/mol. The van der Waals surface area contributed by atoms with E-state index in [9.17, 15) is 4.79 Å². The van der Waals surface area contributed by atoms with Crippen molar-refractivity contribution in [2.75, 3.05) is 37.7 Å². The number of amides is 1. The van der Waals surface area contributed by atoms with Gasteiger partial charge in [0, 0.05) is 31.6 Å². The highest BCUT2D eigenvalue weighted by molar-refractivity contribution is 5.82. The summed E-state index contributed by atoms with van der Waals surface area (Å²) < 4.78 is 0. The molecule has 1 aliphatic heterocycles. The molecule has 104 valence electrons. The Morgan fingerprint density at radius 1 is 1.20 bits per heavy atom. The standard InChI is InChI=1S/C15H17N3O2/c19-11-15(20)18-7-5-17(6-8-18)13-9-12-3-1-2-4-14(12)16-10-13/h1-4,9-10,19H,5-8,11H2. The number of fused-ring (bicyclic) bond motifs is 1. The Labute approximate surface area is 117 Å². The van der Waals surface area contributed by atoms with Gasteiger partial charge in [0.25, 0.3) is 0 Å². The normalized spacial score (nSPS) is 15.7. The molecule has 1 amide bonds. The maximum atomic E-state index is 11.4. The van der Waals surface area contributed by atoms with Gasteiger partial charge in [-0.25, -0.2) is 0 Å². The largest absolute Gasteiger partial charge is 0.387 e. The number of nitrogens with zero attached hydrogens (tertiary/aromatic N) is 3. The molecule has 2 aromatic rings. The number of para-hydroxylation sites is 1. The van der Waals surface area contributed by atoms with Crippen LogP contribution in [-0.2, 0) is 4.79 Å². The van der Waals surface area contributed by atoms with Gasteiger partial charge in [0.15, 0.2) is 0 Å². The summed E-state index contributed by atoms with van der Waals surface area (Å²) in [6.45, 7) is 2.42. The highest BCUT2D eigenvalue weighted by Gasteiger charge is 2.20. The molecule has 1 aromatic heterocycles. The minimum atomic E-state index is -0.405. The molecule has 1 N–H and O–H groups in total. The van der Waals surface area contributed by atoms with E-state index in [1.165, 1.54) is 0 Å². The predicted molar refractivity (Wildman–Crippen MR) is 77.6 cm³/mol. The van der Waals surface area contributed by atoms with Crippen LogP contribution in [0.2, 0.25) is 0 Å². The van der Waals surface area contributed by atoms with E-state index in [4.69, 9.17) is 5.11 Å². The Balaban J connectivity index is 1.75. The van der Waals surface area contributed by atoms with Gasteiger partial charge in [-0.15, -0.1) is 0 Å². The summed E-state index contributed by atoms with van der Waals surface area (Å²) in [4.78, 5) is 19.8. The van der Waals surface area contributed by atoms with Crippen molar-refractivity contribution >= 4 is 22.5 Å². The molecule has 0 saturated carbocycles. The molecule has 0 radical (unpaired) electrons. The van der Waals surface area contributed by atoms with E-state index in [0.29, 0.717) is 13.1 Å². The molecule has 0 aliphatic carbocycles. The Kier molecular flexibility index (Phi) is 3.52. The van der Waals surface area contributed by atoms with Crippen LogP contribution < -0.4 is 4.90 Å². The zero-order chi connectivity index (χ0) is 13.9. The monoisotopic (exact) mass is 271 g/mol. The summed E-state index contributed by atoms with van der Waals surface area (Å²) in [5, 5.41) is 10.00. The topological polar surface area (TPSA) is 56.7 Å². The smallest absolute Gasteiger partial charge is 0.248 e. The number of aliphatic hydroxyl groups is 1. The van der Waals surface area contributed by atoms with E-state index < -0.39 is 6.61 Å². The van der Waals surface area contributed by atoms with Crippen molar-refractivity contribution in [3.8, 4) is 0 Å². The minimum absolute atomic E-state index is 0.193. The first-order chi connectivity index (χ1) is 9.78. The van der Waals surface area contributed by atoms with Gasteiger partial charge in [0.2, 0.25) is 5.91 Å². The van der Waals surface area contributed by atoms with E-state index in [1.807, 2.05) is 24.4 Å². The number of carbonyl (C=O) groups is 1. The molecule has 1 aromatic carbocycles. The lowest BCUT2D eigenvalue weighted by Crippen LogP contribution is -2.49. The fourth-order valence-corrected chi connectivity index (χ4v) is 2.55. The van der Waals surface area contributed by atoms with Crippen LogP contribution in [-0.4, -0.2) is 53.7 Å². The van der Waals surface area contributed by atoms with Gasteiger partial charge in [0.1, 0.15) is 6.61 Å². The molecule has 2 heterocycles. The number of carbonyl (C=O) groups excluding carboxylic acids is 1. The molecule has 3 rings (SSSR count). The zero-order valence-electron chi connectivity index (χ0n) is 11.2. The lowest BCUT2D eigenvalue weighted by atomic mass is 10.2. The number of piperazine rings is 1. The molecule has 0 unspecified atom stereocenters. The quantitative estimate of drug-likeness (QED) is 0.881. The molecule has 1 saturated heterocycles. The van der Waals surface area contributed by atoms with Gasteiger partial charge < -0.3 is 14.9 Å². The minimum Gasteiger partial charge on any atom is -0.387 e. The summed E-state index contributed by atoms with van der Waals surface area (Å²) in [7, 11) is 0. The second-order valence-corrected chi connectivity index (χ2v) is 4.91. The van der Waals surface area contributed by atoms with Crippen LogP contribution in [0.5, 0.6) is 0 Å². The summed E-state index contributed by atoms with van der Waals surface area (Å²) in [5.41, 5.74) is 2.07. The number of benzene rings is 1. The Morgan fingerprint density at radius 2 is 1.95 bits per heavy atom. The summed E-state index contributed by atoms with van der Waals surface area (Å²) in [5.74, 6) is -0.193. The third kappa shape index (κ3) is 2.44. The number of aromatic nitrogens is 1. The van der Waals surface area contributed by atoms with E-state index in [2.05, 4.69) is 22.0 Å². The van der Waals surface area contributed by atoms with Crippen molar-refractivity contribution in [1.82, 2.24) is 9.88 Å². The fraction of sp³-hybridized carbons (Fsp3) is 0.333. The molecular weight excluding hydrogens is 254 g/mol. The van der Waals surface area contributed by atoms with Gasteiger partial charge in [-0.3, -0.25) is 9.78 Å². The molecule has 0 atom stereocenters. The van der Waals surface area contributed by atoms with Crippen molar-refractivity contribution < 1.29 is 9.90 Å². The van der Waals surface area contributed by atoms with Crippen LogP contribution in [0.1, 0.15) is 0 Å². The molecule has 5 heteroatoms. The van der Waals surface area contributed by atoms with Crippen LogP contribution in [0.4, 0.5) is 5.69 Å². The number of aliphatic hydroxyl groups excluding tert-OH is 1. The van der Waals surface area contributed by atoms with Crippen molar-refractivity contribution in [2.45, 2.75) is 0 Å². The first-order valence-electron chi connectivity index (χ1n) is 6.76. The van der Waals surface area contributed by atoms with Gasteiger partial charge in [-0.05, 0) is 12.1 Å². The molecule has 5 nitrogen and oxygen atoms in total. The van der Waals surface area contributed by atoms with Crippen LogP contribution in [0.3, 0.4) is 0 Å². The van der Waals surface area contributed by atoms with Crippen molar-refractivity contribution in [3.63, 3.8) is 0 Å². The summed E-state index contributed by atoms with van der Waals surface area (Å²) in [6.07, 6.45) is 1.88. The highest BCUT2D eigenvalue weighted by atomic mass is 16.3. The van der Waals surface area contributed by atoms with Crippen LogP contribution in [0.25, 0.3) is 10.9 Å². The summed E-state index contributed by atoms with van der Waals surface area (Å²) in [6, 6.07) is 10.2. The third-order valence-electron chi connectivity index (χ3n) is 3.71. The molecule has 20 heavy (non-hydrogen) atoms. The van der Waals surface area contributed by atoms with Crippen LogP contribution in [0.15, 0.2) is 36.5 Å². The molecule has 0 spiro atoms. The maximum Gasteiger partial charge on any atom is 0.248 e. The van der Waals surface area contributed by atoms with Gasteiger partial charge in [-0.2, -0.15) is 0 Å². The lowest BCUT2D eigenvalue weighted by Gasteiger charge is -2.35. The average Bonchev–Trinajstić information content (AvgIpc) is 2.54. The van der Waals surface area contributed by atoms with Crippen LogP contribution >= 0.6 is 0 Å². The van der Waals surface area contributed by atoms with Crippen molar-refractivity contribution in [2.24, 2.45) is 0 Å². The van der Waals surface area contributed by atoms with Gasteiger partial charge in [-0.1, -0.05) is 18.2 Å². The first kappa shape index (κ1) is 12.9. The number of hydrogen-bond acceptors (Lipinski definition) is 4. The Hall–Kier alpha value is -2.14. The van der Waals surface area contributed by atoms with Crippen LogP contribution in [0, 0.1) is 0 Å². The second kappa shape index (κ2) is 5.46. The number of pyridine rings is 1. The molecule has 1 aliphatic rings. The molecule has 0 bridgehead atoms. The van der Waals surface area contributed by atoms with E-state index in [0.717, 1.165) is 29.7 Å². The highest BCUT2D eigenvalue weighted by Crippen LogP contribution is 2.20. The van der Waals surface area contributed by atoms with E-state index in [1.54, 1.807) is 4.90 Å². The number of hydrogen-bond donors (Lipinski definition) is 1. The predicted octanol–water partition coefficient (Wildman–Crippen LogP) is 0.876. The number of anilines is 1. The SMILES string of the molecule is O=C(CO)N1CCN(c2cnc3ccccc3c2)CC1. The fourth-order valence-electron chi connectivity index (χ4n) is 2.55. The molecule has 1 fully saturated rings. The third-order valence-corrected chi connectivity index (χ3v) is 3.71. The van der Waals surface area contributed by atoms with E-state index >= 15 is 0 Å². The van der Waals surface area contributed by atoms with E-state index in [-0.39, 0.29) is 5.91 Å².